The summed E-state index contributed by atoms with van der Waals surface area (Å²) in [6.45, 7) is 7.34. The third-order valence-corrected chi connectivity index (χ3v) is 9.43. The molecule has 0 saturated carbocycles. The van der Waals surface area contributed by atoms with E-state index in [9.17, 15) is 24.3 Å². The Morgan fingerprint density at radius 1 is 0.941 bits per heavy atom. The van der Waals surface area contributed by atoms with Gasteiger partial charge in [-0.3, -0.25) is 19.2 Å². The van der Waals surface area contributed by atoms with E-state index in [4.69, 9.17) is 10.8 Å². The Bertz CT molecular complexity index is 1850. The first kappa shape index (κ1) is 37.0. The van der Waals surface area contributed by atoms with Crippen LogP contribution in [-0.2, 0) is 22.6 Å². The largest absolute Gasteiger partial charge is 0.394 e. The van der Waals surface area contributed by atoms with Gasteiger partial charge in [-0.1, -0.05) is 81.3 Å². The van der Waals surface area contributed by atoms with Crippen LogP contribution in [0.15, 0.2) is 78.9 Å². The number of anilines is 1. The number of fused-ring (bicyclic) bond motifs is 1. The molecule has 5 rings (SSSR count). The molecule has 11 nitrogen and oxygen atoms in total. The van der Waals surface area contributed by atoms with E-state index >= 15 is 0 Å². The highest BCUT2D eigenvalue weighted by Gasteiger charge is 2.32. The molecule has 51 heavy (non-hydrogen) atoms. The molecule has 1 unspecified atom stereocenters. The average molecular weight is 693 g/mol. The zero-order chi connectivity index (χ0) is 36.5. The molecule has 4 aromatic rings. The summed E-state index contributed by atoms with van der Waals surface area (Å²) in [5, 5.41) is 18.1. The van der Waals surface area contributed by atoms with Crippen LogP contribution in [0.2, 0.25) is 0 Å². The maximum atomic E-state index is 14.6. The number of hydrogen-bond donors (Lipinski definition) is 3. The number of aliphatic hydroxyl groups is 1. The van der Waals surface area contributed by atoms with Gasteiger partial charge in [0.15, 0.2) is 5.69 Å². The van der Waals surface area contributed by atoms with E-state index in [0.717, 1.165) is 36.8 Å². The van der Waals surface area contributed by atoms with Gasteiger partial charge in [-0.2, -0.15) is 5.10 Å². The Labute approximate surface area is 299 Å². The van der Waals surface area contributed by atoms with Crippen molar-refractivity contribution < 1.29 is 24.3 Å². The summed E-state index contributed by atoms with van der Waals surface area (Å²) in [5.41, 5.74) is 10.2. The van der Waals surface area contributed by atoms with Crippen molar-refractivity contribution in [3.8, 4) is 5.69 Å². The molecule has 268 valence electrons. The summed E-state index contributed by atoms with van der Waals surface area (Å²) in [6.07, 6.45) is 3.99. The van der Waals surface area contributed by atoms with Crippen molar-refractivity contribution in [2.75, 3.05) is 25.0 Å². The Balaban J connectivity index is 1.55. The van der Waals surface area contributed by atoms with Crippen LogP contribution in [0, 0.1) is 6.92 Å². The summed E-state index contributed by atoms with van der Waals surface area (Å²) < 4.78 is 1.59. The predicted molar refractivity (Wildman–Crippen MR) is 197 cm³/mol. The normalized spacial score (nSPS) is 14.4. The number of nitrogens with zero attached hydrogens (tertiary/aromatic N) is 4. The Hall–Kier alpha value is -5.29. The number of unbranched alkanes of at least 4 members (excludes halogenated alkanes) is 2. The minimum absolute atomic E-state index is 0.162. The number of benzene rings is 3. The molecule has 4 amide bonds. The molecule has 2 atom stereocenters. The van der Waals surface area contributed by atoms with E-state index in [1.54, 1.807) is 58.1 Å². The molecule has 3 aromatic carbocycles. The quantitative estimate of drug-likeness (QED) is 0.152. The van der Waals surface area contributed by atoms with Crippen molar-refractivity contribution in [3.63, 3.8) is 0 Å². The van der Waals surface area contributed by atoms with Crippen LogP contribution in [0.4, 0.5) is 5.69 Å². The van der Waals surface area contributed by atoms with Crippen molar-refractivity contribution in [1.29, 1.82) is 0 Å². The fourth-order valence-electron chi connectivity index (χ4n) is 6.59. The second-order valence-electron chi connectivity index (χ2n) is 13.2. The highest BCUT2D eigenvalue weighted by Crippen LogP contribution is 2.30. The lowest BCUT2D eigenvalue weighted by Crippen LogP contribution is -2.46. The Morgan fingerprint density at radius 2 is 1.61 bits per heavy atom. The molecule has 0 aliphatic carbocycles. The summed E-state index contributed by atoms with van der Waals surface area (Å²) >= 11 is 0. The predicted octanol–water partition coefficient (Wildman–Crippen LogP) is 5.38. The Morgan fingerprint density at radius 3 is 2.25 bits per heavy atom. The monoisotopic (exact) mass is 692 g/mol. The number of aryl methyl sites for hydroxylation is 1. The van der Waals surface area contributed by atoms with E-state index in [0.29, 0.717) is 42.1 Å². The smallest absolute Gasteiger partial charge is 0.274 e. The van der Waals surface area contributed by atoms with Gasteiger partial charge in [-0.05, 0) is 67.1 Å². The van der Waals surface area contributed by atoms with Gasteiger partial charge < -0.3 is 26.0 Å². The second-order valence-corrected chi connectivity index (χ2v) is 13.2. The lowest BCUT2D eigenvalue weighted by molar-refractivity contribution is -0.123. The first-order valence-electron chi connectivity index (χ1n) is 17.8. The van der Waals surface area contributed by atoms with Gasteiger partial charge in [0.25, 0.3) is 11.8 Å². The van der Waals surface area contributed by atoms with Crippen molar-refractivity contribution in [2.45, 2.75) is 77.8 Å². The van der Waals surface area contributed by atoms with Gasteiger partial charge in [0, 0.05) is 37.4 Å². The van der Waals surface area contributed by atoms with Crippen LogP contribution in [0.5, 0.6) is 0 Å². The molecular formula is C40H48N6O5. The number of amides is 4. The number of primary amides is 1. The number of aromatic nitrogens is 2. The molecule has 1 aliphatic heterocycles. The minimum Gasteiger partial charge on any atom is -0.394 e. The van der Waals surface area contributed by atoms with Crippen LogP contribution in [-0.4, -0.2) is 74.1 Å². The molecule has 1 aromatic heterocycles. The molecule has 0 saturated heterocycles. The number of aliphatic hydroxyl groups excluding tert-OH is 1. The molecule has 11 heteroatoms. The van der Waals surface area contributed by atoms with Crippen molar-refractivity contribution in [3.05, 3.63) is 113 Å². The van der Waals surface area contributed by atoms with Crippen LogP contribution in [0.3, 0.4) is 0 Å². The molecule has 4 N–H and O–H groups in total. The number of nitrogens with two attached hydrogens (primary N) is 1. The van der Waals surface area contributed by atoms with Gasteiger partial charge in [0.2, 0.25) is 11.8 Å². The summed E-state index contributed by atoms with van der Waals surface area (Å²) in [5.74, 6) is -2.43. The third-order valence-electron chi connectivity index (χ3n) is 9.43. The average Bonchev–Trinajstić information content (AvgIpc) is 3.53. The van der Waals surface area contributed by atoms with E-state index in [1.807, 2.05) is 42.2 Å². The molecule has 1 aliphatic rings. The fourth-order valence-corrected chi connectivity index (χ4v) is 6.59. The number of nitrogens with one attached hydrogen (secondary N) is 1. The van der Waals surface area contributed by atoms with E-state index in [-0.39, 0.29) is 42.6 Å². The zero-order valence-electron chi connectivity index (χ0n) is 29.7. The van der Waals surface area contributed by atoms with Gasteiger partial charge in [0.05, 0.1) is 29.8 Å². The molecule has 2 heterocycles. The highest BCUT2D eigenvalue weighted by molar-refractivity contribution is 6.02. The Kier molecular flexibility index (Phi) is 12.4. The van der Waals surface area contributed by atoms with Crippen molar-refractivity contribution in [2.24, 2.45) is 5.73 Å². The van der Waals surface area contributed by atoms with E-state index in [1.165, 1.54) is 0 Å². The number of carbonyl (C=O) groups is 4. The molecular weight excluding hydrogens is 644 g/mol. The molecule has 0 fully saturated rings. The second kappa shape index (κ2) is 17.1. The van der Waals surface area contributed by atoms with Gasteiger partial charge >= 0.3 is 0 Å². The molecule has 0 radical (unpaired) electrons. The van der Waals surface area contributed by atoms with Crippen LogP contribution in [0.25, 0.3) is 5.69 Å². The number of rotatable bonds is 15. The first-order valence-corrected chi connectivity index (χ1v) is 17.8. The van der Waals surface area contributed by atoms with Gasteiger partial charge in [-0.15, -0.1) is 0 Å². The van der Waals surface area contributed by atoms with Gasteiger partial charge in [-0.25, -0.2) is 4.68 Å². The maximum Gasteiger partial charge on any atom is 0.274 e. The summed E-state index contributed by atoms with van der Waals surface area (Å²) in [4.78, 5) is 57.5. The highest BCUT2D eigenvalue weighted by atomic mass is 16.3. The SMILES string of the molecule is CCCCN(CCCC)C(=O)c1cc(C)n(-c2ccc(NC(=O)C(CC(N)=O)c3ccccc3)cc2C(=O)N2Cc3ccccc3C[C@H]2CO)n1. The summed E-state index contributed by atoms with van der Waals surface area (Å²) in [7, 11) is 0. The van der Waals surface area contributed by atoms with Crippen LogP contribution >= 0.6 is 0 Å². The molecule has 0 bridgehead atoms. The van der Waals surface area contributed by atoms with Crippen molar-refractivity contribution in [1.82, 2.24) is 19.6 Å². The molecule has 0 spiro atoms. The third kappa shape index (κ3) is 8.72. The minimum atomic E-state index is -0.842. The van der Waals surface area contributed by atoms with Crippen LogP contribution < -0.4 is 11.1 Å². The van der Waals surface area contributed by atoms with Crippen molar-refractivity contribution >= 4 is 29.3 Å². The van der Waals surface area contributed by atoms with E-state index < -0.39 is 23.8 Å². The van der Waals surface area contributed by atoms with Gasteiger partial charge in [0.1, 0.15) is 0 Å². The lowest BCUT2D eigenvalue weighted by atomic mass is 9.93. The topological polar surface area (TPSA) is 151 Å². The zero-order valence-corrected chi connectivity index (χ0v) is 29.7. The standard InChI is InChI=1S/C40H48N6O5/c1-4-6-19-44(20-7-5-2)40(51)35-21-27(3)46(43-35)36-18-17-31(42-38(49)33(24-37(41)48)28-13-9-8-10-14-28)23-34(36)39(50)45-25-30-16-12-11-15-29(30)22-32(45)26-47/h8-18,21,23,32-33,47H,4-7,19-20,22,24-26H2,1-3H3,(H2,41,48)(H,42,49)/t32-,33?/m0/s1. The summed E-state index contributed by atoms with van der Waals surface area (Å²) in [6, 6.07) is 23.0. The lowest BCUT2D eigenvalue weighted by Gasteiger charge is -2.36. The first-order chi connectivity index (χ1) is 24.6. The fraction of sp³-hybridized carbons (Fsp3) is 0.375. The maximum absolute atomic E-state index is 14.6. The number of hydrogen-bond acceptors (Lipinski definition) is 6. The van der Waals surface area contributed by atoms with E-state index in [2.05, 4.69) is 19.2 Å². The van der Waals surface area contributed by atoms with Crippen LogP contribution in [0.1, 0.15) is 95.1 Å². The number of carbonyl (C=O) groups excluding carboxylic acids is 4.